The fourth-order valence-electron chi connectivity index (χ4n) is 3.73. The minimum absolute atomic E-state index is 0.215. The first-order chi connectivity index (χ1) is 11.1. The van der Waals surface area contributed by atoms with Crippen molar-refractivity contribution in [2.45, 2.75) is 25.8 Å². The topological polar surface area (TPSA) is 38.1 Å². The number of aryl methyl sites for hydroxylation is 1. The lowest BCUT2D eigenvalue weighted by atomic mass is 9.94. The average molecular weight is 330 g/mol. The number of aromatic nitrogens is 2. The zero-order chi connectivity index (χ0) is 16.0. The van der Waals surface area contributed by atoms with Crippen LogP contribution in [-0.4, -0.2) is 34.6 Å². The number of hydrogen-bond donors (Lipinski definition) is 0. The molecule has 2 aliphatic rings. The predicted molar refractivity (Wildman–Crippen MR) is 93.8 cm³/mol. The van der Waals surface area contributed by atoms with Gasteiger partial charge >= 0.3 is 0 Å². The van der Waals surface area contributed by atoms with Crippen LogP contribution in [0.2, 0.25) is 5.02 Å². The molecule has 0 amide bonds. The summed E-state index contributed by atoms with van der Waals surface area (Å²) in [5.74, 6) is 1.43. The maximum absolute atomic E-state index is 12.4. The molecule has 0 unspecified atom stereocenters. The molecule has 1 fully saturated rings. The summed E-state index contributed by atoms with van der Waals surface area (Å²) in [5, 5.41) is 1.03. The molecule has 3 heterocycles. The summed E-state index contributed by atoms with van der Waals surface area (Å²) in [6.45, 7) is 3.15. The molecule has 4 rings (SSSR count). The van der Waals surface area contributed by atoms with E-state index < -0.39 is 0 Å². The second-order valence-electron chi connectivity index (χ2n) is 6.61. The summed E-state index contributed by atoms with van der Waals surface area (Å²) in [4.78, 5) is 19.1. The van der Waals surface area contributed by atoms with Gasteiger partial charge in [-0.25, -0.2) is 0 Å². The first kappa shape index (κ1) is 14.9. The quantitative estimate of drug-likeness (QED) is 0.806. The smallest absolute Gasteiger partial charge is 0.282 e. The Bertz CT molecular complexity index is 847. The van der Waals surface area contributed by atoms with Crippen molar-refractivity contribution in [3.8, 4) is 0 Å². The lowest BCUT2D eigenvalue weighted by Gasteiger charge is -2.27. The Hall–Kier alpha value is -1.65. The van der Waals surface area contributed by atoms with Crippen molar-refractivity contribution < 1.29 is 0 Å². The highest BCUT2D eigenvalue weighted by Crippen LogP contribution is 2.32. The number of rotatable bonds is 1. The SMILES string of the molecule is CN1CCC(/C=C2\CCn3c2nc(=O)c2c(Cl)cccc23)CC1. The monoisotopic (exact) mass is 329 g/mol. The molecule has 1 aromatic heterocycles. The molecule has 2 aliphatic heterocycles. The number of likely N-dealkylation sites (tertiary alicyclic amines) is 1. The molecule has 0 aliphatic carbocycles. The van der Waals surface area contributed by atoms with E-state index in [0.717, 1.165) is 37.4 Å². The molecule has 0 atom stereocenters. The summed E-state index contributed by atoms with van der Waals surface area (Å²) >= 11 is 6.20. The van der Waals surface area contributed by atoms with Gasteiger partial charge in [0, 0.05) is 6.54 Å². The number of halogens is 1. The van der Waals surface area contributed by atoms with Gasteiger partial charge in [0.05, 0.1) is 15.9 Å². The molecule has 5 heteroatoms. The van der Waals surface area contributed by atoms with Gasteiger partial charge in [-0.3, -0.25) is 4.79 Å². The third-order valence-electron chi connectivity index (χ3n) is 5.05. The van der Waals surface area contributed by atoms with E-state index in [1.54, 1.807) is 6.07 Å². The standard InChI is InChI=1S/C18H20ClN3O/c1-21-8-5-12(6-9-21)11-13-7-10-22-15-4-2-3-14(19)16(15)18(23)20-17(13)22/h2-4,11-12H,5-10H2,1H3/b13-11+. The number of piperidine rings is 1. The van der Waals surface area contributed by atoms with Crippen LogP contribution >= 0.6 is 11.6 Å². The van der Waals surface area contributed by atoms with Crippen molar-refractivity contribution in [3.05, 3.63) is 45.5 Å². The maximum Gasteiger partial charge on any atom is 0.282 e. The highest BCUT2D eigenvalue weighted by molar-refractivity contribution is 6.35. The Morgan fingerprint density at radius 2 is 2.04 bits per heavy atom. The Labute approximate surface area is 140 Å². The molecule has 120 valence electrons. The summed E-state index contributed by atoms with van der Waals surface area (Å²) in [6, 6.07) is 5.62. The van der Waals surface area contributed by atoms with Gasteiger partial charge in [-0.1, -0.05) is 23.7 Å². The Kier molecular flexibility index (Phi) is 3.74. The van der Waals surface area contributed by atoms with Crippen LogP contribution < -0.4 is 5.56 Å². The van der Waals surface area contributed by atoms with Crippen LogP contribution in [0.25, 0.3) is 16.5 Å². The second-order valence-corrected chi connectivity index (χ2v) is 7.02. The van der Waals surface area contributed by atoms with Crippen molar-refractivity contribution in [1.82, 2.24) is 14.5 Å². The molecule has 1 saturated heterocycles. The Morgan fingerprint density at radius 3 is 2.83 bits per heavy atom. The van der Waals surface area contributed by atoms with Crippen molar-refractivity contribution in [1.29, 1.82) is 0 Å². The molecule has 0 spiro atoms. The van der Waals surface area contributed by atoms with Gasteiger partial charge in [0.25, 0.3) is 5.56 Å². The van der Waals surface area contributed by atoms with E-state index in [1.165, 1.54) is 18.4 Å². The van der Waals surface area contributed by atoms with E-state index in [-0.39, 0.29) is 5.56 Å². The van der Waals surface area contributed by atoms with Gasteiger partial charge in [0.2, 0.25) is 0 Å². The summed E-state index contributed by atoms with van der Waals surface area (Å²) < 4.78 is 2.14. The van der Waals surface area contributed by atoms with Gasteiger partial charge < -0.3 is 9.47 Å². The lowest BCUT2D eigenvalue weighted by molar-refractivity contribution is 0.244. The van der Waals surface area contributed by atoms with E-state index in [4.69, 9.17) is 11.6 Å². The van der Waals surface area contributed by atoms with Crippen molar-refractivity contribution in [2.24, 2.45) is 5.92 Å². The van der Waals surface area contributed by atoms with E-state index in [0.29, 0.717) is 16.3 Å². The fourth-order valence-corrected chi connectivity index (χ4v) is 3.98. The summed E-state index contributed by atoms with van der Waals surface area (Å²) in [7, 11) is 2.17. The van der Waals surface area contributed by atoms with Crippen LogP contribution in [0, 0.1) is 5.92 Å². The van der Waals surface area contributed by atoms with Gasteiger partial charge in [0.15, 0.2) is 0 Å². The van der Waals surface area contributed by atoms with Gasteiger partial charge in [-0.05, 0) is 63.0 Å². The maximum atomic E-state index is 12.4. The van der Waals surface area contributed by atoms with Crippen LogP contribution in [0.3, 0.4) is 0 Å². The van der Waals surface area contributed by atoms with Crippen LogP contribution in [-0.2, 0) is 6.54 Å². The van der Waals surface area contributed by atoms with Gasteiger partial charge in [-0.2, -0.15) is 4.98 Å². The third-order valence-corrected chi connectivity index (χ3v) is 5.37. The van der Waals surface area contributed by atoms with E-state index in [1.807, 2.05) is 12.1 Å². The van der Waals surface area contributed by atoms with Crippen molar-refractivity contribution in [2.75, 3.05) is 20.1 Å². The number of benzene rings is 1. The first-order valence-electron chi connectivity index (χ1n) is 8.22. The number of hydrogen-bond acceptors (Lipinski definition) is 3. The predicted octanol–water partition coefficient (Wildman–Crippen LogP) is 3.18. The van der Waals surface area contributed by atoms with E-state index >= 15 is 0 Å². The van der Waals surface area contributed by atoms with Crippen molar-refractivity contribution >= 4 is 28.1 Å². The minimum Gasteiger partial charge on any atom is -0.325 e. The zero-order valence-corrected chi connectivity index (χ0v) is 14.0. The third kappa shape index (κ3) is 2.60. The van der Waals surface area contributed by atoms with Crippen LogP contribution in [0.1, 0.15) is 25.1 Å². The Balaban J connectivity index is 1.78. The number of allylic oxidation sites excluding steroid dienone is 2. The van der Waals surface area contributed by atoms with Crippen LogP contribution in [0.5, 0.6) is 0 Å². The van der Waals surface area contributed by atoms with Crippen LogP contribution in [0.4, 0.5) is 0 Å². The fraction of sp³-hybridized carbons (Fsp3) is 0.444. The largest absolute Gasteiger partial charge is 0.325 e. The first-order valence-corrected chi connectivity index (χ1v) is 8.60. The highest BCUT2D eigenvalue weighted by Gasteiger charge is 2.23. The summed E-state index contributed by atoms with van der Waals surface area (Å²) in [6.07, 6.45) is 5.67. The van der Waals surface area contributed by atoms with Gasteiger partial charge in [-0.15, -0.1) is 0 Å². The number of fused-ring (bicyclic) bond motifs is 3. The molecule has 0 bridgehead atoms. The van der Waals surface area contributed by atoms with E-state index in [2.05, 4.69) is 27.6 Å². The molecule has 0 N–H and O–H groups in total. The lowest BCUT2D eigenvalue weighted by Crippen LogP contribution is -2.29. The zero-order valence-electron chi connectivity index (χ0n) is 13.3. The van der Waals surface area contributed by atoms with Crippen LogP contribution in [0.15, 0.2) is 29.1 Å². The molecular weight excluding hydrogens is 310 g/mol. The molecular formula is C18H20ClN3O. The van der Waals surface area contributed by atoms with E-state index in [9.17, 15) is 4.79 Å². The Morgan fingerprint density at radius 1 is 1.26 bits per heavy atom. The molecule has 0 saturated carbocycles. The molecule has 2 aromatic rings. The molecule has 1 aromatic carbocycles. The normalized spacial score (nSPS) is 21.2. The highest BCUT2D eigenvalue weighted by atomic mass is 35.5. The molecule has 4 nitrogen and oxygen atoms in total. The second kappa shape index (κ2) is 5.77. The number of nitrogens with zero attached hydrogens (tertiary/aromatic N) is 3. The molecule has 0 radical (unpaired) electrons. The van der Waals surface area contributed by atoms with Gasteiger partial charge in [0.1, 0.15) is 5.82 Å². The average Bonchev–Trinajstić information content (AvgIpc) is 2.93. The minimum atomic E-state index is -0.215. The summed E-state index contributed by atoms with van der Waals surface area (Å²) in [5.41, 5.74) is 1.91. The van der Waals surface area contributed by atoms with Crippen molar-refractivity contribution in [3.63, 3.8) is 0 Å². The molecule has 23 heavy (non-hydrogen) atoms.